The second kappa shape index (κ2) is 45.7. The topological polar surface area (TPSA) is 500 Å². The molecule has 15 amide bonds. The Bertz CT molecular complexity index is 3660. The molecular formula is C75H110N14O21S2. The van der Waals surface area contributed by atoms with Crippen molar-refractivity contribution in [2.24, 2.45) is 17.8 Å². The number of rotatable bonds is 20. The van der Waals surface area contributed by atoms with E-state index in [0.717, 1.165) is 38.3 Å². The number of hydrogen-bond acceptors (Lipinski definition) is 22. The van der Waals surface area contributed by atoms with E-state index in [1.807, 2.05) is 5.32 Å². The van der Waals surface area contributed by atoms with Crippen molar-refractivity contribution in [3.05, 3.63) is 71.8 Å². The van der Waals surface area contributed by atoms with Gasteiger partial charge in [-0.1, -0.05) is 150 Å². The smallest absolute Gasteiger partial charge is 0.331 e. The van der Waals surface area contributed by atoms with E-state index in [1.54, 1.807) is 95.3 Å². The van der Waals surface area contributed by atoms with Crippen molar-refractivity contribution in [3.8, 4) is 0 Å². The summed E-state index contributed by atoms with van der Waals surface area (Å²) in [5, 5.41) is 50.6. The minimum Gasteiger partial charge on any atom is -0.481 e. The second-order valence-corrected chi connectivity index (χ2v) is 31.1. The van der Waals surface area contributed by atoms with E-state index in [-0.39, 0.29) is 75.5 Å². The number of benzene rings is 2. The van der Waals surface area contributed by atoms with Gasteiger partial charge >= 0.3 is 23.8 Å². The number of carboxylic acids is 1. The highest BCUT2D eigenvalue weighted by molar-refractivity contribution is 8.76. The molecule has 3 aliphatic rings. The SMILES string of the molecule is CC[C@@H](C)C[C@@H]1NC(=O)C(=O)NC(=O)[C@H]([C@@H](C)CC)NC(=O)[C@@H]2CSSC[C@H](NC(=O)CCC(=O)O)C(=O)N[C@H](Cc3ccccc3)C(=O)N[C@H](C)C(=O)N[C@@H](C[C@@H](C)CC)C(=O)N[C@@H](C(=O)N[C@H](Cc3ccccc3)C(=O)N3CCC[C@H]3C(=O)N2)[C@@H](C)OC(=O)[C@H](CO)NC(=O)[C@H]([C@@H](C)OC)N(C)C(=O)[C@@H](CC)NC1=O. The molecule has 0 spiro atoms. The number of carboxylic acid groups (broad SMARTS) is 1. The van der Waals surface area contributed by atoms with Gasteiger partial charge in [0.25, 0.3) is 0 Å². The monoisotopic (exact) mass is 1610 g/mol. The van der Waals surface area contributed by atoms with Gasteiger partial charge in [-0.2, -0.15) is 0 Å². The number of cyclic esters (lactones) is 1. The highest BCUT2D eigenvalue weighted by atomic mass is 33.1. The number of hydrogen-bond donors (Lipinski definition) is 14. The quantitative estimate of drug-likeness (QED) is 0.0322. The van der Waals surface area contributed by atoms with Gasteiger partial charge in [0.15, 0.2) is 6.04 Å². The molecule has 14 N–H and O–H groups in total. The summed E-state index contributed by atoms with van der Waals surface area (Å²) < 4.78 is 11.4. The van der Waals surface area contributed by atoms with Crippen LogP contribution in [0.15, 0.2) is 60.7 Å². The lowest BCUT2D eigenvalue weighted by molar-refractivity contribution is -0.158. The first-order valence-corrected chi connectivity index (χ1v) is 40.2. The first-order chi connectivity index (χ1) is 53.1. The number of aliphatic hydroxyl groups is 1. The highest BCUT2D eigenvalue weighted by Gasteiger charge is 2.45. The zero-order chi connectivity index (χ0) is 83.2. The van der Waals surface area contributed by atoms with Crippen LogP contribution in [0, 0.1) is 17.8 Å². The molecule has 618 valence electrons. The normalized spacial score (nSPS) is 27.5. The third-order valence-electron chi connectivity index (χ3n) is 20.0. The van der Waals surface area contributed by atoms with Gasteiger partial charge in [0.05, 0.1) is 19.1 Å². The first-order valence-electron chi connectivity index (χ1n) is 37.7. The average Bonchev–Trinajstić information content (AvgIpc) is 1.39. The number of imide groups is 1. The number of esters is 1. The van der Waals surface area contributed by atoms with Gasteiger partial charge in [-0.3, -0.25) is 82.0 Å². The van der Waals surface area contributed by atoms with Crippen LogP contribution in [0.2, 0.25) is 0 Å². The lowest BCUT2D eigenvalue weighted by Crippen LogP contribution is -2.63. The summed E-state index contributed by atoms with van der Waals surface area (Å²) in [6.45, 7) is 14.3. The summed E-state index contributed by atoms with van der Waals surface area (Å²) in [6.07, 6.45) is -4.08. The van der Waals surface area contributed by atoms with Gasteiger partial charge in [0.2, 0.25) is 76.8 Å². The number of methoxy groups -OCH3 is 1. The maximum absolute atomic E-state index is 15.5. The van der Waals surface area contributed by atoms with Crippen molar-refractivity contribution in [1.82, 2.24) is 73.6 Å². The molecule has 3 heterocycles. The predicted octanol–water partition coefficient (Wildman–Crippen LogP) is -1.15. The van der Waals surface area contributed by atoms with Crippen LogP contribution in [0.3, 0.4) is 0 Å². The van der Waals surface area contributed by atoms with E-state index in [9.17, 15) is 67.7 Å². The molecule has 0 radical (unpaired) electrons. The Morgan fingerprint density at radius 1 is 0.571 bits per heavy atom. The first kappa shape index (κ1) is 92.9. The molecule has 18 atom stereocenters. The summed E-state index contributed by atoms with van der Waals surface area (Å²) in [5.74, 6) is -21.4. The molecule has 3 saturated heterocycles. The number of fused-ring (bicyclic) bond motifs is 6. The van der Waals surface area contributed by atoms with E-state index in [1.165, 1.54) is 41.9 Å². The Hall–Kier alpha value is -9.75. The molecule has 0 aromatic heterocycles. The summed E-state index contributed by atoms with van der Waals surface area (Å²) >= 11 is 0. The fraction of sp³-hybridized carbons (Fsp3) is 0.613. The van der Waals surface area contributed by atoms with E-state index in [4.69, 9.17) is 9.47 Å². The minimum absolute atomic E-state index is 0.0452. The van der Waals surface area contributed by atoms with E-state index < -0.39 is 222 Å². The lowest BCUT2D eigenvalue weighted by Gasteiger charge is -2.34. The zero-order valence-corrected chi connectivity index (χ0v) is 67.0. The Labute approximate surface area is 659 Å². The third-order valence-corrected chi connectivity index (χ3v) is 22.4. The van der Waals surface area contributed by atoms with E-state index in [2.05, 4.69) is 58.5 Å². The van der Waals surface area contributed by atoms with Gasteiger partial charge in [0, 0.05) is 51.5 Å². The van der Waals surface area contributed by atoms with Crippen LogP contribution >= 0.6 is 21.6 Å². The number of carbonyl (C=O) groups excluding carboxylic acids is 16. The van der Waals surface area contributed by atoms with Gasteiger partial charge in [-0.05, 0) is 81.8 Å². The van der Waals surface area contributed by atoms with Gasteiger partial charge in [-0.25, -0.2) is 4.79 Å². The highest BCUT2D eigenvalue weighted by Crippen LogP contribution is 2.26. The van der Waals surface area contributed by atoms with Crippen molar-refractivity contribution >= 4 is 122 Å². The van der Waals surface area contributed by atoms with Crippen LogP contribution in [0.5, 0.6) is 0 Å². The third kappa shape index (κ3) is 27.9. The zero-order valence-electron chi connectivity index (χ0n) is 65.3. The number of nitrogens with one attached hydrogen (secondary N) is 12. The number of aliphatic hydroxyl groups excluding tert-OH is 1. The summed E-state index contributed by atoms with van der Waals surface area (Å²) in [4.78, 5) is 248. The van der Waals surface area contributed by atoms with Crippen LogP contribution in [-0.4, -0.2) is 250 Å². The number of aliphatic carboxylic acids is 1. The predicted molar refractivity (Wildman–Crippen MR) is 410 cm³/mol. The maximum atomic E-state index is 15.5. The van der Waals surface area contributed by atoms with Crippen molar-refractivity contribution in [1.29, 1.82) is 0 Å². The van der Waals surface area contributed by atoms with Crippen LogP contribution in [-0.2, 0) is 104 Å². The molecule has 2 aromatic carbocycles. The summed E-state index contributed by atoms with van der Waals surface area (Å²) in [7, 11) is 4.10. The van der Waals surface area contributed by atoms with Crippen LogP contribution in [0.1, 0.15) is 145 Å². The van der Waals surface area contributed by atoms with Crippen LogP contribution in [0.4, 0.5) is 0 Å². The van der Waals surface area contributed by atoms with Crippen molar-refractivity contribution in [2.75, 3.05) is 38.8 Å². The lowest BCUT2D eigenvalue weighted by atomic mass is 9.97. The molecule has 0 saturated carbocycles. The van der Waals surface area contributed by atoms with Gasteiger partial charge in [0.1, 0.15) is 78.6 Å². The number of nitrogens with zero attached hydrogens (tertiary/aromatic N) is 2. The fourth-order valence-corrected chi connectivity index (χ4v) is 14.8. The Kier molecular flexibility index (Phi) is 37.9. The van der Waals surface area contributed by atoms with Crippen molar-refractivity contribution < 1.29 is 101 Å². The average molecular weight is 1610 g/mol. The fourth-order valence-electron chi connectivity index (χ4n) is 12.4. The molecule has 37 heteroatoms. The number of carbonyl (C=O) groups is 17. The Morgan fingerprint density at radius 3 is 1.69 bits per heavy atom. The van der Waals surface area contributed by atoms with Gasteiger partial charge < -0.3 is 88.0 Å². The second-order valence-electron chi connectivity index (χ2n) is 28.5. The molecule has 0 unspecified atom stereocenters. The molecular weight excluding hydrogens is 1500 g/mol. The number of likely N-dealkylation sites (N-methyl/N-ethyl adjacent to an activating group) is 1. The van der Waals surface area contributed by atoms with Crippen molar-refractivity contribution in [2.45, 2.75) is 237 Å². The summed E-state index contributed by atoms with van der Waals surface area (Å²) in [6, 6.07) is -4.83. The maximum Gasteiger partial charge on any atom is 0.331 e. The van der Waals surface area contributed by atoms with Crippen molar-refractivity contribution in [3.63, 3.8) is 0 Å². The molecule has 0 aliphatic carbocycles. The number of amides is 15. The van der Waals surface area contributed by atoms with E-state index >= 15 is 24.0 Å². The van der Waals surface area contributed by atoms with E-state index in [0.29, 0.717) is 24.0 Å². The number of ether oxygens (including phenoxy) is 2. The van der Waals surface area contributed by atoms with Crippen LogP contribution < -0.4 is 63.8 Å². The molecule has 35 nitrogen and oxygen atoms in total. The minimum atomic E-state index is -2.06. The molecule has 3 fully saturated rings. The Morgan fingerprint density at radius 2 is 1.12 bits per heavy atom. The van der Waals surface area contributed by atoms with Crippen LogP contribution in [0.25, 0.3) is 0 Å². The molecule has 2 bridgehead atoms. The molecule has 5 rings (SSSR count). The molecule has 112 heavy (non-hydrogen) atoms. The summed E-state index contributed by atoms with van der Waals surface area (Å²) in [5.41, 5.74) is 0.963. The Balaban J connectivity index is 1.80. The molecule has 3 aliphatic heterocycles. The largest absolute Gasteiger partial charge is 0.481 e. The molecule has 2 aromatic rings. The van der Waals surface area contributed by atoms with Gasteiger partial charge in [-0.15, -0.1) is 0 Å². The standard InChI is InChI=1S/C75H110N14O21S2/c1-13-39(5)32-48-63(96)78-47(16-4)73(106)88(11)60(44(10)109-12)70(103)83-52(36-90)75(108)110-43(9)59-69(102)82-51(35-46-26-21-18-22-27-46)74(107)89-31-23-28-55(89)67(100)84-54(66(99)85-58(41(7)15-3)68(101)87-72(105)71(104)81-48)38-112-111-37-53(77-56(91)29-30-57(92)93)65(98)80-50(34-45-24-19-17-20-25-45)62(95)76-42(8)61(94)79-49(64(97)86-59)33-40(6)14-2/h17-22,24-27,39-44,47-55,58-60,90H,13-16,23,28-38H2,1-12H3,(H,76,95)(H,77,91)(H,78,96)(H,79,94)(H,80,98)(H,81,104)(H,82,102)(H,83,103)(H,84,100)(H,85,99)(H,86,97)(H,92,93)(H,87,101,105)/t39-,40+,41+,42-,43-,44-,47-,48+,49+,50-,51-,52+,53+,54+,55+,58+,59-,60+/m1/s1.